The molecule has 72 valence electrons. The third-order valence-corrected chi connectivity index (χ3v) is 1.58. The normalized spacial score (nSPS) is 10.5. The van der Waals surface area contributed by atoms with Gasteiger partial charge in [-0.1, -0.05) is 0 Å². The zero-order valence-electron chi connectivity index (χ0n) is 7.84. The molecule has 0 aliphatic carbocycles. The minimum absolute atomic E-state index is 0.267. The van der Waals surface area contributed by atoms with E-state index in [0.717, 1.165) is 0 Å². The van der Waals surface area contributed by atoms with Crippen LogP contribution in [0.5, 0.6) is 0 Å². The van der Waals surface area contributed by atoms with Gasteiger partial charge in [-0.2, -0.15) is 0 Å². The molecule has 1 heterocycles. The van der Waals surface area contributed by atoms with Gasteiger partial charge < -0.3 is 11.1 Å². The summed E-state index contributed by atoms with van der Waals surface area (Å²) in [6, 6.07) is 1.67. The quantitative estimate of drug-likeness (QED) is 0.746. The van der Waals surface area contributed by atoms with E-state index in [2.05, 4.69) is 10.3 Å². The lowest BCUT2D eigenvalue weighted by molar-refractivity contribution is 0.618. The second kappa shape index (κ2) is 4.18. The summed E-state index contributed by atoms with van der Waals surface area (Å²) in [5, 5.41) is 3.09. The highest BCUT2D eigenvalue weighted by Gasteiger charge is 2.04. The van der Waals surface area contributed by atoms with Crippen LogP contribution in [0.3, 0.4) is 0 Å². The van der Waals surface area contributed by atoms with E-state index in [9.17, 15) is 4.39 Å². The van der Waals surface area contributed by atoms with Crippen molar-refractivity contribution in [3.63, 3.8) is 0 Å². The fourth-order valence-electron chi connectivity index (χ4n) is 1.04. The molecule has 13 heavy (non-hydrogen) atoms. The highest BCUT2D eigenvalue weighted by atomic mass is 19.1. The summed E-state index contributed by atoms with van der Waals surface area (Å²) < 4.78 is 12.7. The lowest BCUT2D eigenvalue weighted by Crippen LogP contribution is -2.14. The van der Waals surface area contributed by atoms with Crippen LogP contribution in [0.1, 0.15) is 19.4 Å². The predicted octanol–water partition coefficient (Wildman–Crippen LogP) is 1.50. The Balaban J connectivity index is 2.92. The van der Waals surface area contributed by atoms with Crippen LogP contribution in [0.25, 0.3) is 0 Å². The molecule has 0 spiro atoms. The minimum Gasteiger partial charge on any atom is -0.368 e. The number of halogens is 1. The number of nitrogens with two attached hydrogens (primary N) is 1. The summed E-state index contributed by atoms with van der Waals surface area (Å²) in [6.45, 7) is 4.27. The molecule has 0 saturated heterocycles. The van der Waals surface area contributed by atoms with Crippen molar-refractivity contribution in [1.82, 2.24) is 4.98 Å². The van der Waals surface area contributed by atoms with Crippen molar-refractivity contribution in [1.29, 1.82) is 0 Å². The molecular weight excluding hydrogens is 169 g/mol. The van der Waals surface area contributed by atoms with E-state index < -0.39 is 0 Å². The first-order valence-corrected chi connectivity index (χ1v) is 4.24. The predicted molar refractivity (Wildman–Crippen MR) is 50.8 cm³/mol. The summed E-state index contributed by atoms with van der Waals surface area (Å²) in [6.07, 6.45) is 1.18. The largest absolute Gasteiger partial charge is 0.368 e. The maximum atomic E-state index is 12.7. The minimum atomic E-state index is -0.352. The van der Waals surface area contributed by atoms with Gasteiger partial charge in [0.1, 0.15) is 11.6 Å². The Morgan fingerprint density at radius 2 is 2.31 bits per heavy atom. The molecule has 1 aromatic heterocycles. The maximum Gasteiger partial charge on any atom is 0.141 e. The number of nitrogens with zero attached hydrogens (tertiary/aromatic N) is 1. The number of aromatic nitrogens is 1. The molecule has 0 bridgehead atoms. The van der Waals surface area contributed by atoms with Crippen molar-refractivity contribution in [2.24, 2.45) is 5.73 Å². The molecular formula is C9H14FN3. The van der Waals surface area contributed by atoms with Crippen LogP contribution in [0.15, 0.2) is 12.3 Å². The van der Waals surface area contributed by atoms with E-state index in [-0.39, 0.29) is 11.9 Å². The molecule has 4 heteroatoms. The zero-order valence-corrected chi connectivity index (χ0v) is 7.84. The maximum absolute atomic E-state index is 12.7. The smallest absolute Gasteiger partial charge is 0.141 e. The van der Waals surface area contributed by atoms with Crippen molar-refractivity contribution in [3.05, 3.63) is 23.6 Å². The molecule has 3 nitrogen and oxygen atoms in total. The first-order valence-electron chi connectivity index (χ1n) is 4.24. The first kappa shape index (κ1) is 9.92. The third-order valence-electron chi connectivity index (χ3n) is 1.58. The Labute approximate surface area is 77.2 Å². The van der Waals surface area contributed by atoms with Crippen molar-refractivity contribution in [2.75, 3.05) is 5.32 Å². The molecule has 0 fully saturated rings. The van der Waals surface area contributed by atoms with Crippen molar-refractivity contribution in [2.45, 2.75) is 26.4 Å². The van der Waals surface area contributed by atoms with Gasteiger partial charge in [-0.25, -0.2) is 9.37 Å². The van der Waals surface area contributed by atoms with Crippen LogP contribution in [0.2, 0.25) is 0 Å². The second-order valence-electron chi connectivity index (χ2n) is 3.16. The van der Waals surface area contributed by atoms with Gasteiger partial charge in [-0.3, -0.25) is 0 Å². The summed E-state index contributed by atoms with van der Waals surface area (Å²) >= 11 is 0. The average molecular weight is 183 g/mol. The summed E-state index contributed by atoms with van der Waals surface area (Å²) in [4.78, 5) is 3.92. The number of hydrogen-bond acceptors (Lipinski definition) is 3. The van der Waals surface area contributed by atoms with Gasteiger partial charge in [-0.15, -0.1) is 0 Å². The van der Waals surface area contributed by atoms with Crippen LogP contribution in [-0.2, 0) is 6.54 Å². The van der Waals surface area contributed by atoms with Crippen molar-refractivity contribution < 1.29 is 4.39 Å². The van der Waals surface area contributed by atoms with E-state index >= 15 is 0 Å². The molecule has 0 saturated carbocycles. The van der Waals surface area contributed by atoms with Gasteiger partial charge in [0.2, 0.25) is 0 Å². The standard InChI is InChI=1S/C9H14FN3/c1-6(2)13-9-7(4-11)3-8(10)5-12-9/h3,5-6H,4,11H2,1-2H3,(H,12,13). The van der Waals surface area contributed by atoms with Crippen LogP contribution in [0.4, 0.5) is 10.2 Å². The highest BCUT2D eigenvalue weighted by Crippen LogP contribution is 2.13. The lowest BCUT2D eigenvalue weighted by atomic mass is 10.2. The Morgan fingerprint density at radius 1 is 1.62 bits per heavy atom. The number of nitrogens with one attached hydrogen (secondary N) is 1. The van der Waals surface area contributed by atoms with Gasteiger partial charge in [0, 0.05) is 18.2 Å². The van der Waals surface area contributed by atoms with Gasteiger partial charge >= 0.3 is 0 Å². The summed E-state index contributed by atoms with van der Waals surface area (Å²) in [7, 11) is 0. The van der Waals surface area contributed by atoms with Crippen molar-refractivity contribution >= 4 is 5.82 Å². The molecule has 0 radical (unpaired) electrons. The fraction of sp³-hybridized carbons (Fsp3) is 0.444. The molecule has 1 rings (SSSR count). The Hall–Kier alpha value is -1.16. The van der Waals surface area contributed by atoms with Crippen LogP contribution < -0.4 is 11.1 Å². The van der Waals surface area contributed by atoms with Gasteiger partial charge in [-0.05, 0) is 19.9 Å². The first-order chi connectivity index (χ1) is 6.13. The van der Waals surface area contributed by atoms with Gasteiger partial charge in [0.15, 0.2) is 0 Å². The van der Waals surface area contributed by atoms with E-state index in [4.69, 9.17) is 5.73 Å². The number of anilines is 1. The number of pyridine rings is 1. The highest BCUT2D eigenvalue weighted by molar-refractivity contribution is 5.44. The fourth-order valence-corrected chi connectivity index (χ4v) is 1.04. The van der Waals surface area contributed by atoms with Crippen LogP contribution in [-0.4, -0.2) is 11.0 Å². The molecule has 0 aliphatic heterocycles. The topological polar surface area (TPSA) is 50.9 Å². The molecule has 0 amide bonds. The molecule has 0 aromatic carbocycles. The molecule has 3 N–H and O–H groups in total. The molecule has 0 atom stereocenters. The molecule has 0 unspecified atom stereocenters. The Bertz CT molecular complexity index is 286. The van der Waals surface area contributed by atoms with E-state index in [0.29, 0.717) is 17.9 Å². The van der Waals surface area contributed by atoms with Gasteiger partial charge in [0.05, 0.1) is 6.20 Å². The molecule has 0 aliphatic rings. The number of hydrogen-bond donors (Lipinski definition) is 2. The van der Waals surface area contributed by atoms with Gasteiger partial charge in [0.25, 0.3) is 0 Å². The van der Waals surface area contributed by atoms with Crippen molar-refractivity contribution in [3.8, 4) is 0 Å². The Kier molecular flexibility index (Phi) is 3.19. The third kappa shape index (κ3) is 2.66. The SMILES string of the molecule is CC(C)Nc1ncc(F)cc1CN. The zero-order chi connectivity index (χ0) is 9.84. The Morgan fingerprint density at radius 3 is 2.85 bits per heavy atom. The van der Waals surface area contributed by atoms with Crippen LogP contribution >= 0.6 is 0 Å². The van der Waals surface area contributed by atoms with E-state index in [1.54, 1.807) is 0 Å². The monoisotopic (exact) mass is 183 g/mol. The number of rotatable bonds is 3. The van der Waals surface area contributed by atoms with E-state index in [1.165, 1.54) is 12.3 Å². The van der Waals surface area contributed by atoms with E-state index in [1.807, 2.05) is 13.8 Å². The second-order valence-corrected chi connectivity index (χ2v) is 3.16. The average Bonchev–Trinajstić information content (AvgIpc) is 2.07. The molecule has 1 aromatic rings. The summed E-state index contributed by atoms with van der Waals surface area (Å²) in [5.74, 6) is 0.314. The van der Waals surface area contributed by atoms with Crippen LogP contribution in [0, 0.1) is 5.82 Å². The lowest BCUT2D eigenvalue weighted by Gasteiger charge is -2.12. The summed E-state index contributed by atoms with van der Waals surface area (Å²) in [5.41, 5.74) is 6.15.